The number of ether oxygens (including phenoxy) is 1. The molecule has 188 valence electrons. The molecule has 1 aliphatic rings. The van der Waals surface area contributed by atoms with E-state index in [-0.39, 0.29) is 29.5 Å². The fourth-order valence-corrected chi connectivity index (χ4v) is 4.48. The molecular formula is C29H30F2N2O3. The summed E-state index contributed by atoms with van der Waals surface area (Å²) in [4.78, 5) is 20.0. The summed E-state index contributed by atoms with van der Waals surface area (Å²) in [6, 6.07) is 19.6. The summed E-state index contributed by atoms with van der Waals surface area (Å²) >= 11 is 0. The first-order valence-corrected chi connectivity index (χ1v) is 12.2. The van der Waals surface area contributed by atoms with E-state index in [1.807, 2.05) is 24.3 Å². The van der Waals surface area contributed by atoms with Crippen molar-refractivity contribution in [2.24, 2.45) is 11.1 Å². The van der Waals surface area contributed by atoms with Gasteiger partial charge in [-0.25, -0.2) is 8.78 Å². The van der Waals surface area contributed by atoms with Crippen LogP contribution in [0.3, 0.4) is 0 Å². The van der Waals surface area contributed by atoms with Crippen LogP contribution in [0.1, 0.15) is 49.8 Å². The van der Waals surface area contributed by atoms with E-state index in [9.17, 15) is 13.6 Å². The van der Waals surface area contributed by atoms with Crippen LogP contribution >= 0.6 is 0 Å². The minimum absolute atomic E-state index is 0.0363. The highest BCUT2D eigenvalue weighted by molar-refractivity contribution is 6.04. The number of hydrogen-bond acceptors (Lipinski definition) is 4. The van der Waals surface area contributed by atoms with Crippen LogP contribution in [0, 0.1) is 17.6 Å². The van der Waals surface area contributed by atoms with Gasteiger partial charge in [0.15, 0.2) is 0 Å². The first kappa shape index (κ1) is 25.4. The van der Waals surface area contributed by atoms with E-state index >= 15 is 0 Å². The van der Waals surface area contributed by atoms with Gasteiger partial charge in [0.2, 0.25) is 5.91 Å². The molecule has 4 rings (SSSR count). The molecule has 1 aliphatic heterocycles. The maximum Gasteiger partial charge on any atom is 0.233 e. The van der Waals surface area contributed by atoms with Crippen LogP contribution in [0.25, 0.3) is 0 Å². The highest BCUT2D eigenvalue weighted by Crippen LogP contribution is 2.46. The van der Waals surface area contributed by atoms with Crippen molar-refractivity contribution < 1.29 is 23.1 Å². The lowest BCUT2D eigenvalue weighted by Crippen LogP contribution is -2.55. The maximum absolute atomic E-state index is 13.5. The number of carbonyl (C=O) groups is 1. The molecular weight excluding hydrogens is 462 g/mol. The zero-order valence-electron chi connectivity index (χ0n) is 20.5. The lowest BCUT2D eigenvalue weighted by Gasteiger charge is -2.47. The van der Waals surface area contributed by atoms with Crippen molar-refractivity contribution in [1.82, 2.24) is 0 Å². The lowest BCUT2D eigenvalue weighted by atomic mass is 9.78. The Morgan fingerprint density at radius 1 is 0.944 bits per heavy atom. The minimum Gasteiger partial charge on any atom is -0.494 e. The second-order valence-corrected chi connectivity index (χ2v) is 8.77. The Morgan fingerprint density at radius 2 is 1.58 bits per heavy atom. The fraction of sp³-hybridized carbons (Fsp3) is 0.310. The van der Waals surface area contributed by atoms with Crippen molar-refractivity contribution in [2.45, 2.75) is 38.6 Å². The molecule has 0 aromatic heterocycles. The van der Waals surface area contributed by atoms with Crippen LogP contribution in [-0.4, -0.2) is 25.3 Å². The summed E-state index contributed by atoms with van der Waals surface area (Å²) in [6.45, 7) is 2.77. The standard InChI is InChI=1S/C29H30F2N2O3/c1-3-4-19-36-25-15-7-21(8-16-25)28-26(29(34)33(28)24-13-11-23(31)12-14-24)17-18-27(32-35-2)20-5-9-22(30)10-6-20/h5-16,26,28H,3-4,17-19H2,1-2H3/b32-27-/t26-,28?/m1/s1. The van der Waals surface area contributed by atoms with E-state index in [0.29, 0.717) is 30.8 Å². The van der Waals surface area contributed by atoms with Crippen LogP contribution < -0.4 is 9.64 Å². The van der Waals surface area contributed by atoms with Gasteiger partial charge in [0, 0.05) is 5.69 Å². The second kappa shape index (κ2) is 11.8. The van der Waals surface area contributed by atoms with E-state index < -0.39 is 0 Å². The Kier molecular flexibility index (Phi) is 8.31. The van der Waals surface area contributed by atoms with E-state index in [1.54, 1.807) is 29.2 Å². The Labute approximate surface area is 210 Å². The molecule has 1 saturated heterocycles. The molecule has 2 atom stereocenters. The average molecular weight is 493 g/mol. The van der Waals surface area contributed by atoms with Crippen LogP contribution in [0.4, 0.5) is 14.5 Å². The quantitative estimate of drug-likeness (QED) is 0.130. The van der Waals surface area contributed by atoms with Gasteiger partial charge in [0.05, 0.1) is 24.3 Å². The molecule has 0 radical (unpaired) electrons. The molecule has 7 heteroatoms. The van der Waals surface area contributed by atoms with Crippen LogP contribution in [0.5, 0.6) is 5.75 Å². The summed E-state index contributed by atoms with van der Waals surface area (Å²) in [7, 11) is 1.46. The third-order valence-electron chi connectivity index (χ3n) is 6.38. The number of anilines is 1. The SMILES string of the molecule is CCCCOc1ccc(C2[C@@H](CC/C(=N/OC)c3ccc(F)cc3)C(=O)N2c2ccc(F)cc2)cc1. The number of rotatable bonds is 11. The molecule has 5 nitrogen and oxygen atoms in total. The molecule has 3 aromatic rings. The molecule has 36 heavy (non-hydrogen) atoms. The van der Waals surface area contributed by atoms with Gasteiger partial charge in [-0.2, -0.15) is 0 Å². The van der Waals surface area contributed by atoms with Crippen LogP contribution in [0.15, 0.2) is 78.0 Å². The van der Waals surface area contributed by atoms with E-state index in [0.717, 1.165) is 29.7 Å². The third-order valence-corrected chi connectivity index (χ3v) is 6.38. The molecule has 0 saturated carbocycles. The van der Waals surface area contributed by atoms with Crippen molar-refractivity contribution in [3.63, 3.8) is 0 Å². The summed E-state index contributed by atoms with van der Waals surface area (Å²) in [5, 5.41) is 4.12. The number of halogens is 2. The predicted octanol–water partition coefficient (Wildman–Crippen LogP) is 6.68. The van der Waals surface area contributed by atoms with Gasteiger partial charge in [0.25, 0.3) is 0 Å². The smallest absolute Gasteiger partial charge is 0.233 e. The van der Waals surface area contributed by atoms with Crippen molar-refractivity contribution in [3.05, 3.63) is 95.6 Å². The van der Waals surface area contributed by atoms with Crippen molar-refractivity contribution >= 4 is 17.3 Å². The van der Waals surface area contributed by atoms with E-state index in [2.05, 4.69) is 12.1 Å². The molecule has 0 spiro atoms. The summed E-state index contributed by atoms with van der Waals surface area (Å²) in [5.74, 6) is -0.237. The highest BCUT2D eigenvalue weighted by atomic mass is 19.1. The molecule has 1 unspecified atom stereocenters. The Balaban J connectivity index is 1.56. The van der Waals surface area contributed by atoms with Gasteiger partial charge >= 0.3 is 0 Å². The zero-order valence-corrected chi connectivity index (χ0v) is 20.5. The molecule has 1 heterocycles. The summed E-state index contributed by atoms with van der Waals surface area (Å²) in [5.41, 5.74) is 3.00. The van der Waals surface area contributed by atoms with Gasteiger partial charge < -0.3 is 14.5 Å². The first-order valence-electron chi connectivity index (χ1n) is 12.2. The Bertz CT molecular complexity index is 1180. The summed E-state index contributed by atoms with van der Waals surface area (Å²) in [6.07, 6.45) is 3.04. The number of unbranched alkanes of at least 4 members (excludes halogenated alkanes) is 1. The zero-order chi connectivity index (χ0) is 25.5. The first-order chi connectivity index (χ1) is 17.5. The number of β-lactam (4-membered cyclic amide) rings is 1. The van der Waals surface area contributed by atoms with Gasteiger partial charge in [-0.3, -0.25) is 4.79 Å². The fourth-order valence-electron chi connectivity index (χ4n) is 4.48. The number of benzene rings is 3. The third kappa shape index (κ3) is 5.73. The number of nitrogens with zero attached hydrogens (tertiary/aromatic N) is 2. The lowest BCUT2D eigenvalue weighted by molar-refractivity contribution is -0.130. The molecule has 1 fully saturated rings. The maximum atomic E-state index is 13.5. The van der Waals surface area contributed by atoms with Gasteiger partial charge in [-0.15, -0.1) is 0 Å². The molecule has 3 aromatic carbocycles. The highest BCUT2D eigenvalue weighted by Gasteiger charge is 2.48. The molecule has 0 N–H and O–H groups in total. The van der Waals surface area contributed by atoms with Crippen molar-refractivity contribution in [2.75, 3.05) is 18.6 Å². The number of amides is 1. The second-order valence-electron chi connectivity index (χ2n) is 8.77. The predicted molar refractivity (Wildman–Crippen MR) is 136 cm³/mol. The van der Waals surface area contributed by atoms with Gasteiger partial charge in [-0.1, -0.05) is 42.8 Å². The monoisotopic (exact) mass is 492 g/mol. The number of carbonyl (C=O) groups excluding carboxylic acids is 1. The number of oxime groups is 1. The Hall–Kier alpha value is -3.74. The van der Waals surface area contributed by atoms with Gasteiger partial charge in [0.1, 0.15) is 24.5 Å². The van der Waals surface area contributed by atoms with Crippen LogP contribution in [0.2, 0.25) is 0 Å². The van der Waals surface area contributed by atoms with E-state index in [4.69, 9.17) is 9.57 Å². The van der Waals surface area contributed by atoms with E-state index in [1.165, 1.54) is 31.4 Å². The average Bonchev–Trinajstić information content (AvgIpc) is 2.89. The number of hydrogen-bond donors (Lipinski definition) is 0. The molecule has 0 bridgehead atoms. The largest absolute Gasteiger partial charge is 0.494 e. The molecule has 0 aliphatic carbocycles. The topological polar surface area (TPSA) is 51.1 Å². The van der Waals surface area contributed by atoms with Gasteiger partial charge in [-0.05, 0) is 78.9 Å². The summed E-state index contributed by atoms with van der Waals surface area (Å²) < 4.78 is 32.7. The molecule has 1 amide bonds. The minimum atomic E-state index is -0.354. The normalized spacial score (nSPS) is 17.6. The van der Waals surface area contributed by atoms with Crippen molar-refractivity contribution in [3.8, 4) is 5.75 Å². The Morgan fingerprint density at radius 3 is 2.19 bits per heavy atom. The van der Waals surface area contributed by atoms with Crippen LogP contribution in [-0.2, 0) is 9.63 Å². The van der Waals surface area contributed by atoms with Crippen molar-refractivity contribution in [1.29, 1.82) is 0 Å².